The number of hydrogen-bond donors (Lipinski definition) is 2. The number of thioether (sulfide) groups is 1. The molecular weight excluding hydrogens is 270 g/mol. The number of aliphatic hydroxyl groups excluding tert-OH is 1. The maximum atomic E-state index is 11.7. The molecule has 0 saturated carbocycles. The number of carbonyl (C=O) groups excluding carboxylic acids is 1. The Labute approximate surface area is 126 Å². The van der Waals surface area contributed by atoms with E-state index in [1.54, 1.807) is 11.8 Å². The molecule has 0 aliphatic carbocycles. The molecule has 1 rings (SSSR count). The average molecular weight is 295 g/mol. The highest BCUT2D eigenvalue weighted by atomic mass is 32.2. The van der Waals surface area contributed by atoms with Crippen LogP contribution in [0.1, 0.15) is 33.1 Å². The van der Waals surface area contributed by atoms with Crippen LogP contribution >= 0.6 is 11.8 Å². The lowest BCUT2D eigenvalue weighted by molar-refractivity contribution is -0.121. The molecule has 1 aromatic carbocycles. The lowest BCUT2D eigenvalue weighted by Crippen LogP contribution is -2.34. The molecule has 0 atom stereocenters. The summed E-state index contributed by atoms with van der Waals surface area (Å²) in [6, 6.07) is 10.2. The summed E-state index contributed by atoms with van der Waals surface area (Å²) in [5.41, 5.74) is -0.0385. The maximum Gasteiger partial charge on any atom is 0.220 e. The fraction of sp³-hybridized carbons (Fsp3) is 0.562. The lowest BCUT2D eigenvalue weighted by atomic mass is 9.90. The molecular formula is C16H25NO2S. The summed E-state index contributed by atoms with van der Waals surface area (Å²) in [5, 5.41) is 11.9. The first kappa shape index (κ1) is 17.1. The largest absolute Gasteiger partial charge is 0.396 e. The van der Waals surface area contributed by atoms with Gasteiger partial charge in [-0.2, -0.15) is 0 Å². The molecule has 1 aromatic rings. The molecule has 1 amide bonds. The van der Waals surface area contributed by atoms with E-state index in [2.05, 4.69) is 31.3 Å². The summed E-state index contributed by atoms with van der Waals surface area (Å²) in [6.07, 6.45) is 2.15. The Balaban J connectivity index is 2.11. The van der Waals surface area contributed by atoms with E-state index in [0.717, 1.165) is 12.2 Å². The fourth-order valence-electron chi connectivity index (χ4n) is 1.76. The van der Waals surface area contributed by atoms with Crippen molar-refractivity contribution in [2.75, 3.05) is 18.9 Å². The second-order valence-electron chi connectivity index (χ2n) is 5.68. The first-order chi connectivity index (χ1) is 9.53. The highest BCUT2D eigenvalue weighted by Crippen LogP contribution is 2.19. The normalized spacial score (nSPS) is 11.3. The van der Waals surface area contributed by atoms with E-state index in [4.69, 9.17) is 5.11 Å². The van der Waals surface area contributed by atoms with Crippen molar-refractivity contribution >= 4 is 17.7 Å². The molecule has 3 nitrogen and oxygen atoms in total. The quantitative estimate of drug-likeness (QED) is 0.544. The Morgan fingerprint density at radius 2 is 2.00 bits per heavy atom. The average Bonchev–Trinajstić information content (AvgIpc) is 2.43. The maximum absolute atomic E-state index is 11.7. The molecule has 0 radical (unpaired) electrons. The highest BCUT2D eigenvalue weighted by molar-refractivity contribution is 7.99. The van der Waals surface area contributed by atoms with Gasteiger partial charge in [0.2, 0.25) is 5.91 Å². The van der Waals surface area contributed by atoms with E-state index in [1.807, 2.05) is 18.2 Å². The van der Waals surface area contributed by atoms with Crippen LogP contribution in [0.4, 0.5) is 0 Å². The van der Waals surface area contributed by atoms with Crippen LogP contribution in [-0.2, 0) is 4.79 Å². The van der Waals surface area contributed by atoms with Crippen LogP contribution in [-0.4, -0.2) is 29.9 Å². The Hall–Kier alpha value is -1.00. The number of rotatable bonds is 9. The van der Waals surface area contributed by atoms with Gasteiger partial charge in [0.1, 0.15) is 0 Å². The van der Waals surface area contributed by atoms with Crippen LogP contribution < -0.4 is 5.32 Å². The smallest absolute Gasteiger partial charge is 0.220 e. The first-order valence-electron chi connectivity index (χ1n) is 7.09. The van der Waals surface area contributed by atoms with E-state index in [-0.39, 0.29) is 17.9 Å². The van der Waals surface area contributed by atoms with Crippen LogP contribution in [0.5, 0.6) is 0 Å². The number of aliphatic hydroxyl groups is 1. The molecule has 0 aliphatic rings. The van der Waals surface area contributed by atoms with Crippen LogP contribution in [0.3, 0.4) is 0 Å². The zero-order valence-electron chi connectivity index (χ0n) is 12.4. The molecule has 4 heteroatoms. The number of amides is 1. The van der Waals surface area contributed by atoms with Gasteiger partial charge in [0.25, 0.3) is 0 Å². The van der Waals surface area contributed by atoms with Gasteiger partial charge in [-0.25, -0.2) is 0 Å². The minimum atomic E-state index is -0.0385. The Morgan fingerprint density at radius 3 is 2.65 bits per heavy atom. The van der Waals surface area contributed by atoms with Gasteiger partial charge in [-0.3, -0.25) is 4.79 Å². The number of nitrogens with one attached hydrogen (secondary N) is 1. The van der Waals surface area contributed by atoms with Gasteiger partial charge < -0.3 is 10.4 Å². The summed E-state index contributed by atoms with van der Waals surface area (Å²) in [4.78, 5) is 13.0. The van der Waals surface area contributed by atoms with Gasteiger partial charge >= 0.3 is 0 Å². The predicted molar refractivity (Wildman–Crippen MR) is 84.9 cm³/mol. The van der Waals surface area contributed by atoms with Gasteiger partial charge in [0, 0.05) is 24.5 Å². The van der Waals surface area contributed by atoms with Gasteiger partial charge in [0.15, 0.2) is 0 Å². The molecule has 0 aliphatic heterocycles. The van der Waals surface area contributed by atoms with Crippen molar-refractivity contribution in [3.63, 3.8) is 0 Å². The molecule has 0 fully saturated rings. The zero-order valence-corrected chi connectivity index (χ0v) is 13.2. The van der Waals surface area contributed by atoms with Crippen molar-refractivity contribution in [2.45, 2.75) is 38.0 Å². The Kier molecular flexibility index (Phi) is 7.70. The second-order valence-corrected chi connectivity index (χ2v) is 6.85. The van der Waals surface area contributed by atoms with Crippen molar-refractivity contribution in [1.82, 2.24) is 5.32 Å². The minimum absolute atomic E-state index is 0.0385. The topological polar surface area (TPSA) is 49.3 Å². The summed E-state index contributed by atoms with van der Waals surface area (Å²) >= 11 is 1.78. The van der Waals surface area contributed by atoms with Gasteiger partial charge in [-0.05, 0) is 36.1 Å². The van der Waals surface area contributed by atoms with E-state index >= 15 is 0 Å². The van der Waals surface area contributed by atoms with Crippen LogP contribution in [0.15, 0.2) is 35.2 Å². The van der Waals surface area contributed by atoms with Crippen molar-refractivity contribution in [2.24, 2.45) is 5.41 Å². The lowest BCUT2D eigenvalue weighted by Gasteiger charge is -2.23. The number of carbonyl (C=O) groups is 1. The Bertz CT molecular complexity index is 393. The molecule has 20 heavy (non-hydrogen) atoms. The van der Waals surface area contributed by atoms with Gasteiger partial charge in [-0.1, -0.05) is 32.0 Å². The van der Waals surface area contributed by atoms with Crippen LogP contribution in [0, 0.1) is 5.41 Å². The Morgan fingerprint density at radius 1 is 1.30 bits per heavy atom. The monoisotopic (exact) mass is 295 g/mol. The number of hydrogen-bond acceptors (Lipinski definition) is 3. The summed E-state index contributed by atoms with van der Waals surface area (Å²) in [6.45, 7) is 4.89. The van der Waals surface area contributed by atoms with Crippen molar-refractivity contribution < 1.29 is 9.90 Å². The van der Waals surface area contributed by atoms with E-state index < -0.39 is 0 Å². The molecule has 0 saturated heterocycles. The molecule has 2 N–H and O–H groups in total. The van der Waals surface area contributed by atoms with E-state index in [9.17, 15) is 4.79 Å². The van der Waals surface area contributed by atoms with Crippen LogP contribution in [0.2, 0.25) is 0 Å². The van der Waals surface area contributed by atoms with E-state index in [0.29, 0.717) is 19.4 Å². The highest BCUT2D eigenvalue weighted by Gasteiger charge is 2.17. The van der Waals surface area contributed by atoms with E-state index in [1.165, 1.54) is 4.90 Å². The molecule has 0 unspecified atom stereocenters. The van der Waals surface area contributed by atoms with Crippen molar-refractivity contribution in [3.05, 3.63) is 30.3 Å². The van der Waals surface area contributed by atoms with Crippen LogP contribution in [0.25, 0.3) is 0 Å². The van der Waals surface area contributed by atoms with Crippen molar-refractivity contribution in [1.29, 1.82) is 0 Å². The standard InChI is InChI=1S/C16H25NO2S/c1-16(2,10-11-18)13-17-15(19)9-6-12-20-14-7-4-3-5-8-14/h3-5,7-8,18H,6,9-13H2,1-2H3,(H,17,19). The third-order valence-corrected chi connectivity index (χ3v) is 4.21. The molecule has 0 spiro atoms. The SMILES string of the molecule is CC(C)(CCO)CNC(=O)CCCSc1ccccc1. The number of benzene rings is 1. The fourth-order valence-corrected chi connectivity index (χ4v) is 2.63. The van der Waals surface area contributed by atoms with Gasteiger partial charge in [-0.15, -0.1) is 11.8 Å². The van der Waals surface area contributed by atoms with Crippen molar-refractivity contribution in [3.8, 4) is 0 Å². The summed E-state index contributed by atoms with van der Waals surface area (Å²) in [7, 11) is 0. The molecule has 0 aromatic heterocycles. The third kappa shape index (κ3) is 7.56. The van der Waals surface area contributed by atoms with Gasteiger partial charge in [0.05, 0.1) is 0 Å². The zero-order chi connectivity index (χ0) is 14.8. The third-order valence-electron chi connectivity index (χ3n) is 3.11. The molecule has 112 valence electrons. The second kappa shape index (κ2) is 9.03. The molecule has 0 bridgehead atoms. The summed E-state index contributed by atoms with van der Waals surface area (Å²) < 4.78 is 0. The molecule has 0 heterocycles. The first-order valence-corrected chi connectivity index (χ1v) is 8.07. The summed E-state index contributed by atoms with van der Waals surface area (Å²) in [5.74, 6) is 1.06. The minimum Gasteiger partial charge on any atom is -0.396 e. The predicted octanol–water partition coefficient (Wildman–Crippen LogP) is 3.08.